The molecule has 0 aliphatic carbocycles. The van der Waals surface area contributed by atoms with E-state index in [0.717, 1.165) is 28.1 Å². The third-order valence-electron chi connectivity index (χ3n) is 4.54. The SMILES string of the molecule is Cc1cc(-c2ncc(CC(=O)Nc3ccc(-c4cnccn4)nc3)cc2C)ccn1. The molecule has 148 valence electrons. The van der Waals surface area contributed by atoms with Gasteiger partial charge in [-0.15, -0.1) is 0 Å². The molecule has 7 heteroatoms. The lowest BCUT2D eigenvalue weighted by molar-refractivity contribution is -0.115. The Hall–Kier alpha value is -4.00. The zero-order valence-electron chi connectivity index (χ0n) is 16.7. The van der Waals surface area contributed by atoms with Crippen LogP contribution in [-0.2, 0) is 11.2 Å². The van der Waals surface area contributed by atoms with Crippen LogP contribution in [0.4, 0.5) is 5.69 Å². The van der Waals surface area contributed by atoms with E-state index >= 15 is 0 Å². The molecule has 0 unspecified atom stereocenters. The Morgan fingerprint density at radius 2 is 1.77 bits per heavy atom. The van der Waals surface area contributed by atoms with Crippen LogP contribution in [0.25, 0.3) is 22.6 Å². The number of anilines is 1. The second-order valence-electron chi connectivity index (χ2n) is 6.94. The fourth-order valence-electron chi connectivity index (χ4n) is 3.17. The van der Waals surface area contributed by atoms with Crippen molar-refractivity contribution in [2.75, 3.05) is 5.32 Å². The summed E-state index contributed by atoms with van der Waals surface area (Å²) in [6, 6.07) is 9.53. The van der Waals surface area contributed by atoms with Crippen LogP contribution in [0.2, 0.25) is 0 Å². The normalized spacial score (nSPS) is 10.6. The maximum atomic E-state index is 12.5. The molecule has 7 nitrogen and oxygen atoms in total. The van der Waals surface area contributed by atoms with Crippen LogP contribution in [-0.4, -0.2) is 30.8 Å². The number of carbonyl (C=O) groups is 1. The number of aromatic nitrogens is 5. The van der Waals surface area contributed by atoms with Crippen molar-refractivity contribution in [1.29, 1.82) is 0 Å². The average Bonchev–Trinajstić information content (AvgIpc) is 2.75. The van der Waals surface area contributed by atoms with Crippen LogP contribution < -0.4 is 5.32 Å². The van der Waals surface area contributed by atoms with Gasteiger partial charge in [-0.1, -0.05) is 6.07 Å². The predicted molar refractivity (Wildman–Crippen MR) is 115 cm³/mol. The number of aryl methyl sites for hydroxylation is 2. The first-order chi connectivity index (χ1) is 14.6. The summed E-state index contributed by atoms with van der Waals surface area (Å²) in [5.41, 5.74) is 6.73. The van der Waals surface area contributed by atoms with E-state index in [0.29, 0.717) is 17.1 Å². The van der Waals surface area contributed by atoms with Gasteiger partial charge < -0.3 is 5.32 Å². The van der Waals surface area contributed by atoms with Crippen LogP contribution in [0.1, 0.15) is 16.8 Å². The number of hydrogen-bond donors (Lipinski definition) is 1. The highest BCUT2D eigenvalue weighted by Crippen LogP contribution is 2.22. The standard InChI is InChI=1S/C23H20N6O/c1-15-9-17(12-28-23(15)18-5-6-25-16(2)10-18)11-22(30)29-19-3-4-20(27-13-19)21-14-24-7-8-26-21/h3-10,12-14H,11H2,1-2H3,(H,29,30). The Kier molecular flexibility index (Phi) is 5.52. The predicted octanol–water partition coefficient (Wildman–Crippen LogP) is 3.79. The van der Waals surface area contributed by atoms with Gasteiger partial charge in [-0.25, -0.2) is 0 Å². The smallest absolute Gasteiger partial charge is 0.228 e. The molecular formula is C23H20N6O. The van der Waals surface area contributed by atoms with E-state index in [4.69, 9.17) is 0 Å². The van der Waals surface area contributed by atoms with Crippen molar-refractivity contribution >= 4 is 11.6 Å². The van der Waals surface area contributed by atoms with E-state index in [1.54, 1.807) is 49.3 Å². The van der Waals surface area contributed by atoms with Gasteiger partial charge in [0.15, 0.2) is 0 Å². The van der Waals surface area contributed by atoms with Gasteiger partial charge in [0.25, 0.3) is 0 Å². The van der Waals surface area contributed by atoms with Crippen LogP contribution in [0.15, 0.2) is 67.5 Å². The minimum Gasteiger partial charge on any atom is -0.324 e. The Labute approximate surface area is 174 Å². The van der Waals surface area contributed by atoms with Gasteiger partial charge in [0.1, 0.15) is 5.69 Å². The van der Waals surface area contributed by atoms with E-state index in [9.17, 15) is 4.79 Å². The molecule has 0 radical (unpaired) electrons. The van der Waals surface area contributed by atoms with E-state index in [1.807, 2.05) is 32.0 Å². The second-order valence-corrected chi connectivity index (χ2v) is 6.94. The maximum absolute atomic E-state index is 12.5. The molecule has 0 aromatic carbocycles. The Balaban J connectivity index is 1.42. The van der Waals surface area contributed by atoms with Crippen molar-refractivity contribution in [3.63, 3.8) is 0 Å². The summed E-state index contributed by atoms with van der Waals surface area (Å²) in [4.78, 5) is 33.8. The molecule has 4 aromatic heterocycles. The van der Waals surface area contributed by atoms with Crippen LogP contribution in [0.5, 0.6) is 0 Å². The van der Waals surface area contributed by atoms with E-state index in [-0.39, 0.29) is 12.3 Å². The third kappa shape index (κ3) is 4.52. The molecule has 1 N–H and O–H groups in total. The highest BCUT2D eigenvalue weighted by Gasteiger charge is 2.10. The van der Waals surface area contributed by atoms with Crippen LogP contribution >= 0.6 is 0 Å². The molecule has 4 aromatic rings. The molecule has 0 aliphatic rings. The van der Waals surface area contributed by atoms with Crippen molar-refractivity contribution in [2.45, 2.75) is 20.3 Å². The highest BCUT2D eigenvalue weighted by atomic mass is 16.1. The molecular weight excluding hydrogens is 376 g/mol. The van der Waals surface area contributed by atoms with Gasteiger partial charge in [0.2, 0.25) is 5.91 Å². The van der Waals surface area contributed by atoms with Gasteiger partial charge in [0.05, 0.1) is 35.9 Å². The fourth-order valence-corrected chi connectivity index (χ4v) is 3.17. The maximum Gasteiger partial charge on any atom is 0.228 e. The molecule has 4 rings (SSSR count). The average molecular weight is 396 g/mol. The lowest BCUT2D eigenvalue weighted by Crippen LogP contribution is -2.15. The van der Waals surface area contributed by atoms with E-state index < -0.39 is 0 Å². The Morgan fingerprint density at radius 1 is 0.867 bits per heavy atom. The molecule has 4 heterocycles. The zero-order chi connectivity index (χ0) is 20.9. The lowest BCUT2D eigenvalue weighted by Gasteiger charge is -2.09. The molecule has 0 fully saturated rings. The Bertz CT molecular complexity index is 1180. The number of amides is 1. The molecule has 0 saturated heterocycles. The summed E-state index contributed by atoms with van der Waals surface area (Å²) in [7, 11) is 0. The lowest BCUT2D eigenvalue weighted by atomic mass is 10.0. The number of pyridine rings is 3. The van der Waals surface area contributed by atoms with Crippen molar-refractivity contribution < 1.29 is 4.79 Å². The summed E-state index contributed by atoms with van der Waals surface area (Å²) in [6.07, 6.45) is 10.2. The van der Waals surface area contributed by atoms with Crippen molar-refractivity contribution in [3.05, 3.63) is 84.3 Å². The summed E-state index contributed by atoms with van der Waals surface area (Å²) in [5.74, 6) is -0.127. The molecule has 0 bridgehead atoms. The van der Waals surface area contributed by atoms with Gasteiger partial charge >= 0.3 is 0 Å². The first-order valence-corrected chi connectivity index (χ1v) is 9.49. The first kappa shape index (κ1) is 19.3. The summed E-state index contributed by atoms with van der Waals surface area (Å²) >= 11 is 0. The number of rotatable bonds is 5. The Morgan fingerprint density at radius 3 is 2.47 bits per heavy atom. The number of hydrogen-bond acceptors (Lipinski definition) is 6. The molecule has 0 spiro atoms. The number of carbonyl (C=O) groups excluding carboxylic acids is 1. The van der Waals surface area contributed by atoms with Gasteiger partial charge in [-0.2, -0.15) is 0 Å². The van der Waals surface area contributed by atoms with Gasteiger partial charge in [0, 0.05) is 36.0 Å². The van der Waals surface area contributed by atoms with E-state index in [1.165, 1.54) is 0 Å². The summed E-state index contributed by atoms with van der Waals surface area (Å²) in [6.45, 7) is 3.95. The molecule has 30 heavy (non-hydrogen) atoms. The monoisotopic (exact) mass is 396 g/mol. The van der Waals surface area contributed by atoms with Gasteiger partial charge in [-0.3, -0.25) is 29.7 Å². The van der Waals surface area contributed by atoms with Gasteiger partial charge in [-0.05, 0) is 49.2 Å². The zero-order valence-corrected chi connectivity index (χ0v) is 16.7. The minimum absolute atomic E-state index is 0.127. The summed E-state index contributed by atoms with van der Waals surface area (Å²) in [5, 5.41) is 2.87. The van der Waals surface area contributed by atoms with Crippen molar-refractivity contribution in [1.82, 2.24) is 24.9 Å². The first-order valence-electron chi connectivity index (χ1n) is 9.49. The summed E-state index contributed by atoms with van der Waals surface area (Å²) < 4.78 is 0. The van der Waals surface area contributed by atoms with Crippen LogP contribution in [0.3, 0.4) is 0 Å². The highest BCUT2D eigenvalue weighted by molar-refractivity contribution is 5.92. The van der Waals surface area contributed by atoms with E-state index in [2.05, 4.69) is 30.2 Å². The largest absolute Gasteiger partial charge is 0.324 e. The number of nitrogens with zero attached hydrogens (tertiary/aromatic N) is 5. The molecule has 0 atom stereocenters. The topological polar surface area (TPSA) is 93.6 Å². The molecule has 1 amide bonds. The van der Waals surface area contributed by atoms with Crippen molar-refractivity contribution in [2.24, 2.45) is 0 Å². The number of nitrogens with one attached hydrogen (secondary N) is 1. The van der Waals surface area contributed by atoms with Crippen molar-refractivity contribution in [3.8, 4) is 22.6 Å². The second kappa shape index (κ2) is 8.57. The minimum atomic E-state index is -0.127. The molecule has 0 saturated carbocycles. The van der Waals surface area contributed by atoms with Crippen LogP contribution in [0, 0.1) is 13.8 Å². The third-order valence-corrected chi connectivity index (χ3v) is 4.54. The fraction of sp³-hybridized carbons (Fsp3) is 0.130. The quantitative estimate of drug-likeness (QED) is 0.552. The molecule has 0 aliphatic heterocycles.